The molecule has 1 aliphatic rings. The minimum absolute atomic E-state index is 0.0816. The van der Waals surface area contributed by atoms with Crippen LogP contribution in [-0.2, 0) is 16.0 Å². The van der Waals surface area contributed by atoms with Crippen LogP contribution in [0.1, 0.15) is 24.0 Å². The monoisotopic (exact) mass is 372 g/mol. The van der Waals surface area contributed by atoms with Gasteiger partial charge in [0.15, 0.2) is 6.61 Å². The van der Waals surface area contributed by atoms with Gasteiger partial charge in [0.1, 0.15) is 0 Å². The first-order valence-electron chi connectivity index (χ1n) is 8.57. The number of carbonyl (C=O) groups is 2. The maximum atomic E-state index is 12.2. The van der Waals surface area contributed by atoms with Gasteiger partial charge in [-0.25, -0.2) is 4.79 Å². The van der Waals surface area contributed by atoms with E-state index in [0.29, 0.717) is 19.4 Å². The number of amides is 2. The molecule has 0 saturated carbocycles. The lowest BCUT2D eigenvalue weighted by Crippen LogP contribution is -2.44. The molecule has 0 aliphatic carbocycles. The number of piperidine rings is 1. The SMILES string of the molecule is Cc1ccccc1CCNC(=O)C1CCN(C(=O)OCC(F)(F)F)CC1. The third kappa shape index (κ3) is 6.24. The van der Waals surface area contributed by atoms with Gasteiger partial charge in [-0.2, -0.15) is 13.2 Å². The van der Waals surface area contributed by atoms with Gasteiger partial charge >= 0.3 is 12.3 Å². The Bertz CT molecular complexity index is 626. The van der Waals surface area contributed by atoms with Crippen molar-refractivity contribution in [1.29, 1.82) is 0 Å². The third-order valence-corrected chi connectivity index (χ3v) is 4.44. The fraction of sp³-hybridized carbons (Fsp3) is 0.556. The molecule has 0 radical (unpaired) electrons. The zero-order valence-corrected chi connectivity index (χ0v) is 14.6. The minimum Gasteiger partial charge on any atom is -0.440 e. The van der Waals surface area contributed by atoms with E-state index in [2.05, 4.69) is 10.1 Å². The predicted octanol–water partition coefficient (Wildman–Crippen LogP) is 3.06. The number of nitrogens with one attached hydrogen (secondary N) is 1. The Hall–Kier alpha value is -2.25. The maximum Gasteiger partial charge on any atom is 0.422 e. The Morgan fingerprint density at radius 3 is 2.50 bits per heavy atom. The van der Waals surface area contributed by atoms with Crippen molar-refractivity contribution in [3.63, 3.8) is 0 Å². The van der Waals surface area contributed by atoms with Crippen LogP contribution in [-0.4, -0.2) is 49.3 Å². The number of hydrogen-bond acceptors (Lipinski definition) is 3. The molecule has 1 saturated heterocycles. The van der Waals surface area contributed by atoms with Crippen molar-refractivity contribution in [2.24, 2.45) is 5.92 Å². The summed E-state index contributed by atoms with van der Waals surface area (Å²) in [7, 11) is 0. The lowest BCUT2D eigenvalue weighted by Gasteiger charge is -2.30. The second-order valence-electron chi connectivity index (χ2n) is 6.40. The van der Waals surface area contributed by atoms with E-state index in [-0.39, 0.29) is 24.9 Å². The van der Waals surface area contributed by atoms with Gasteiger partial charge in [0.2, 0.25) is 5.91 Å². The summed E-state index contributed by atoms with van der Waals surface area (Å²) in [5.74, 6) is -0.319. The molecule has 1 heterocycles. The highest BCUT2D eigenvalue weighted by molar-refractivity contribution is 5.79. The number of rotatable bonds is 5. The Labute approximate surface area is 150 Å². The summed E-state index contributed by atoms with van der Waals surface area (Å²) in [5.41, 5.74) is 2.35. The average molecular weight is 372 g/mol. The Morgan fingerprint density at radius 2 is 1.88 bits per heavy atom. The van der Waals surface area contributed by atoms with E-state index in [0.717, 1.165) is 6.42 Å². The summed E-state index contributed by atoms with van der Waals surface area (Å²) in [4.78, 5) is 25.0. The Morgan fingerprint density at radius 1 is 1.23 bits per heavy atom. The number of likely N-dealkylation sites (tertiary alicyclic amines) is 1. The number of carbonyl (C=O) groups excluding carboxylic acids is 2. The van der Waals surface area contributed by atoms with E-state index < -0.39 is 18.9 Å². The number of halogens is 3. The standard InChI is InChI=1S/C18H23F3N2O3/c1-13-4-2-3-5-14(13)6-9-22-16(24)15-7-10-23(11-8-15)17(25)26-12-18(19,20)21/h2-5,15H,6-12H2,1H3,(H,22,24). The maximum absolute atomic E-state index is 12.2. The fourth-order valence-corrected chi connectivity index (χ4v) is 2.91. The number of ether oxygens (including phenoxy) is 1. The van der Waals surface area contributed by atoms with Crippen molar-refractivity contribution < 1.29 is 27.5 Å². The molecule has 0 bridgehead atoms. The molecule has 2 rings (SSSR count). The van der Waals surface area contributed by atoms with Gasteiger partial charge in [0.25, 0.3) is 0 Å². The average Bonchev–Trinajstić information content (AvgIpc) is 2.60. The van der Waals surface area contributed by atoms with Crippen LogP contribution >= 0.6 is 0 Å². The summed E-state index contributed by atoms with van der Waals surface area (Å²) >= 11 is 0. The summed E-state index contributed by atoms with van der Waals surface area (Å²) < 4.78 is 40.4. The van der Waals surface area contributed by atoms with Gasteiger partial charge in [-0.05, 0) is 37.3 Å². The molecule has 1 N–H and O–H groups in total. The molecule has 1 aromatic rings. The number of aryl methyl sites for hydroxylation is 1. The summed E-state index contributed by atoms with van der Waals surface area (Å²) in [6.45, 7) is 1.38. The van der Waals surface area contributed by atoms with Crippen LogP contribution in [0.3, 0.4) is 0 Å². The number of hydrogen-bond donors (Lipinski definition) is 1. The van der Waals surface area contributed by atoms with Crippen molar-refractivity contribution in [2.75, 3.05) is 26.2 Å². The highest BCUT2D eigenvalue weighted by Gasteiger charge is 2.32. The quantitative estimate of drug-likeness (QED) is 0.864. The van der Waals surface area contributed by atoms with Gasteiger partial charge in [-0.15, -0.1) is 0 Å². The Kier molecular flexibility index (Phi) is 6.88. The highest BCUT2D eigenvalue weighted by Crippen LogP contribution is 2.20. The molecule has 0 aromatic heterocycles. The largest absolute Gasteiger partial charge is 0.440 e. The zero-order chi connectivity index (χ0) is 19.2. The number of nitrogens with zero attached hydrogens (tertiary/aromatic N) is 1. The molecular formula is C18H23F3N2O3. The van der Waals surface area contributed by atoms with Crippen LogP contribution in [0.4, 0.5) is 18.0 Å². The highest BCUT2D eigenvalue weighted by atomic mass is 19.4. The van der Waals surface area contributed by atoms with Gasteiger partial charge in [0, 0.05) is 25.6 Å². The minimum atomic E-state index is -4.54. The van der Waals surface area contributed by atoms with E-state index >= 15 is 0 Å². The first-order valence-corrected chi connectivity index (χ1v) is 8.57. The molecule has 1 aliphatic heterocycles. The molecule has 144 valence electrons. The van der Waals surface area contributed by atoms with Crippen molar-refractivity contribution in [3.8, 4) is 0 Å². The second kappa shape index (κ2) is 8.91. The van der Waals surface area contributed by atoms with Gasteiger partial charge in [0.05, 0.1) is 0 Å². The smallest absolute Gasteiger partial charge is 0.422 e. The predicted molar refractivity (Wildman–Crippen MR) is 89.6 cm³/mol. The Balaban J connectivity index is 1.69. The molecule has 0 spiro atoms. The van der Waals surface area contributed by atoms with Crippen LogP contribution in [0, 0.1) is 12.8 Å². The number of alkyl halides is 3. The first kappa shape index (κ1) is 20.1. The van der Waals surface area contributed by atoms with Gasteiger partial charge in [-0.3, -0.25) is 4.79 Å². The molecule has 1 fully saturated rings. The zero-order valence-electron chi connectivity index (χ0n) is 14.6. The molecule has 0 atom stereocenters. The van der Waals surface area contributed by atoms with E-state index in [1.807, 2.05) is 31.2 Å². The fourth-order valence-electron chi connectivity index (χ4n) is 2.91. The molecule has 2 amide bonds. The lowest BCUT2D eigenvalue weighted by molar-refractivity contribution is -0.162. The van der Waals surface area contributed by atoms with Gasteiger partial charge in [-0.1, -0.05) is 24.3 Å². The number of benzene rings is 1. The molecule has 1 aromatic carbocycles. The van der Waals surface area contributed by atoms with Crippen LogP contribution in [0.25, 0.3) is 0 Å². The van der Waals surface area contributed by atoms with E-state index in [9.17, 15) is 22.8 Å². The van der Waals surface area contributed by atoms with E-state index in [4.69, 9.17) is 0 Å². The van der Waals surface area contributed by atoms with Crippen molar-refractivity contribution in [2.45, 2.75) is 32.4 Å². The van der Waals surface area contributed by atoms with Crippen molar-refractivity contribution >= 4 is 12.0 Å². The van der Waals surface area contributed by atoms with Crippen molar-refractivity contribution in [1.82, 2.24) is 10.2 Å². The third-order valence-electron chi connectivity index (χ3n) is 4.44. The molecule has 26 heavy (non-hydrogen) atoms. The summed E-state index contributed by atoms with van der Waals surface area (Å²) in [5, 5.41) is 2.89. The van der Waals surface area contributed by atoms with Crippen LogP contribution in [0.5, 0.6) is 0 Å². The van der Waals surface area contributed by atoms with Crippen molar-refractivity contribution in [3.05, 3.63) is 35.4 Å². The lowest BCUT2D eigenvalue weighted by atomic mass is 9.96. The summed E-state index contributed by atoms with van der Waals surface area (Å²) in [6, 6.07) is 7.96. The van der Waals surface area contributed by atoms with Crippen LogP contribution in [0.15, 0.2) is 24.3 Å². The first-order chi connectivity index (χ1) is 12.3. The molecule has 0 unspecified atom stereocenters. The van der Waals surface area contributed by atoms with Gasteiger partial charge < -0.3 is 15.0 Å². The molecular weight excluding hydrogens is 349 g/mol. The topological polar surface area (TPSA) is 58.6 Å². The normalized spacial score (nSPS) is 15.6. The second-order valence-corrected chi connectivity index (χ2v) is 6.40. The van der Waals surface area contributed by atoms with E-state index in [1.165, 1.54) is 16.0 Å². The molecule has 5 nitrogen and oxygen atoms in total. The van der Waals surface area contributed by atoms with E-state index in [1.54, 1.807) is 0 Å². The summed E-state index contributed by atoms with van der Waals surface area (Å²) in [6.07, 6.45) is -3.96. The van der Waals surface area contributed by atoms with Crippen LogP contribution < -0.4 is 5.32 Å². The van der Waals surface area contributed by atoms with Crippen LogP contribution in [0.2, 0.25) is 0 Å². The molecule has 8 heteroatoms.